The molecule has 1 aromatic carbocycles. The summed E-state index contributed by atoms with van der Waals surface area (Å²) in [5.41, 5.74) is 6.77. The predicted octanol–water partition coefficient (Wildman–Crippen LogP) is 5.37. The number of nitrogens with zero attached hydrogens (tertiary/aromatic N) is 4. The van der Waals surface area contributed by atoms with Crippen LogP contribution in [0.2, 0.25) is 0 Å². The minimum atomic E-state index is -0.0677. The number of pyridine rings is 2. The van der Waals surface area contributed by atoms with Gasteiger partial charge < -0.3 is 19.5 Å². The standard InChI is InChI=1S/C28H29N5OS/c1-18-8-13-25(30-16-18)33-19(2)15-23(20(33)3)27-26(24-7-5-6-14-29-24)31-28(35)32(27)17-21-9-11-22(34-4)12-10-21/h5-16,26-27H,17H2,1-4H3,(H,31,35)/t26-,27+/m1/s1. The summed E-state index contributed by atoms with van der Waals surface area (Å²) in [6, 6.07) is 20.5. The summed E-state index contributed by atoms with van der Waals surface area (Å²) < 4.78 is 7.56. The Bertz CT molecular complexity index is 1330. The molecule has 1 N–H and O–H groups in total. The summed E-state index contributed by atoms with van der Waals surface area (Å²) in [6.45, 7) is 7.02. The second kappa shape index (κ2) is 9.50. The van der Waals surface area contributed by atoms with Crippen molar-refractivity contribution in [1.82, 2.24) is 24.8 Å². The van der Waals surface area contributed by atoms with Gasteiger partial charge in [0.2, 0.25) is 0 Å². The summed E-state index contributed by atoms with van der Waals surface area (Å²) >= 11 is 5.88. The van der Waals surface area contributed by atoms with Gasteiger partial charge in [-0.15, -0.1) is 0 Å². The third kappa shape index (κ3) is 4.39. The lowest BCUT2D eigenvalue weighted by molar-refractivity contribution is 0.310. The van der Waals surface area contributed by atoms with Gasteiger partial charge in [0.1, 0.15) is 11.6 Å². The molecule has 1 aliphatic rings. The topological polar surface area (TPSA) is 55.2 Å². The molecule has 0 saturated carbocycles. The molecular weight excluding hydrogens is 454 g/mol. The lowest BCUT2D eigenvalue weighted by Gasteiger charge is -2.28. The highest BCUT2D eigenvalue weighted by molar-refractivity contribution is 7.80. The number of aromatic nitrogens is 3. The molecule has 0 aliphatic carbocycles. The number of ether oxygens (including phenoxy) is 1. The molecule has 0 amide bonds. The Balaban J connectivity index is 1.59. The molecule has 0 radical (unpaired) electrons. The van der Waals surface area contributed by atoms with E-state index in [4.69, 9.17) is 17.0 Å². The molecule has 2 atom stereocenters. The van der Waals surface area contributed by atoms with Crippen molar-refractivity contribution < 1.29 is 4.74 Å². The van der Waals surface area contributed by atoms with Gasteiger partial charge in [0, 0.05) is 30.3 Å². The van der Waals surface area contributed by atoms with Crippen LogP contribution in [0.25, 0.3) is 5.82 Å². The quantitative estimate of drug-likeness (QED) is 0.372. The van der Waals surface area contributed by atoms with Crippen LogP contribution >= 0.6 is 12.2 Å². The molecule has 7 heteroatoms. The molecule has 6 nitrogen and oxygen atoms in total. The normalized spacial score (nSPS) is 17.5. The fourth-order valence-electron chi connectivity index (χ4n) is 4.87. The Morgan fingerprint density at radius 2 is 1.80 bits per heavy atom. The molecule has 3 aromatic heterocycles. The van der Waals surface area contributed by atoms with E-state index in [0.717, 1.165) is 44.9 Å². The molecule has 178 valence electrons. The van der Waals surface area contributed by atoms with E-state index in [1.807, 2.05) is 36.7 Å². The van der Waals surface area contributed by atoms with E-state index in [9.17, 15) is 0 Å². The van der Waals surface area contributed by atoms with Crippen molar-refractivity contribution in [3.05, 3.63) is 107 Å². The number of aryl methyl sites for hydroxylation is 2. The molecule has 1 saturated heterocycles. The first-order valence-corrected chi connectivity index (χ1v) is 12.1. The second-order valence-corrected chi connectivity index (χ2v) is 9.34. The van der Waals surface area contributed by atoms with Gasteiger partial charge in [-0.3, -0.25) is 4.98 Å². The van der Waals surface area contributed by atoms with Gasteiger partial charge in [-0.25, -0.2) is 4.98 Å². The minimum absolute atomic E-state index is 0.0232. The fourth-order valence-corrected chi connectivity index (χ4v) is 5.18. The van der Waals surface area contributed by atoms with Gasteiger partial charge in [-0.2, -0.15) is 0 Å². The third-order valence-electron chi connectivity index (χ3n) is 6.62. The van der Waals surface area contributed by atoms with Crippen molar-refractivity contribution in [2.24, 2.45) is 0 Å². The van der Waals surface area contributed by atoms with Crippen LogP contribution in [-0.4, -0.2) is 31.7 Å². The van der Waals surface area contributed by atoms with Gasteiger partial charge in [0.15, 0.2) is 5.11 Å². The van der Waals surface area contributed by atoms with Crippen LogP contribution in [0.4, 0.5) is 0 Å². The fraction of sp³-hybridized carbons (Fsp3) is 0.250. The molecule has 35 heavy (non-hydrogen) atoms. The zero-order valence-electron chi connectivity index (χ0n) is 20.4. The summed E-state index contributed by atoms with van der Waals surface area (Å²) in [7, 11) is 1.68. The molecule has 0 spiro atoms. The highest BCUT2D eigenvalue weighted by Crippen LogP contribution is 2.42. The maximum absolute atomic E-state index is 5.88. The molecule has 4 aromatic rings. The van der Waals surface area contributed by atoms with Crippen LogP contribution in [0.15, 0.2) is 73.1 Å². The third-order valence-corrected chi connectivity index (χ3v) is 6.98. The number of thiocarbonyl (C=S) groups is 1. The van der Waals surface area contributed by atoms with Crippen molar-refractivity contribution in [3.63, 3.8) is 0 Å². The van der Waals surface area contributed by atoms with Gasteiger partial charge in [-0.05, 0) is 86.1 Å². The number of methoxy groups -OCH3 is 1. The van der Waals surface area contributed by atoms with Gasteiger partial charge in [-0.1, -0.05) is 24.3 Å². The van der Waals surface area contributed by atoms with Crippen LogP contribution in [0.1, 0.15) is 45.9 Å². The van der Waals surface area contributed by atoms with E-state index in [0.29, 0.717) is 6.54 Å². The molecule has 1 aliphatic heterocycles. The molecule has 1 fully saturated rings. The largest absolute Gasteiger partial charge is 0.497 e. The van der Waals surface area contributed by atoms with Crippen molar-refractivity contribution in [2.75, 3.05) is 7.11 Å². The molecule has 5 rings (SSSR count). The highest BCUT2D eigenvalue weighted by atomic mass is 32.1. The van der Waals surface area contributed by atoms with Gasteiger partial charge in [0.05, 0.1) is 24.9 Å². The van der Waals surface area contributed by atoms with Gasteiger partial charge in [0.25, 0.3) is 0 Å². The average molecular weight is 484 g/mol. The summed E-state index contributed by atoms with van der Waals surface area (Å²) in [4.78, 5) is 11.6. The smallest absolute Gasteiger partial charge is 0.170 e. The Hall–Kier alpha value is -3.71. The van der Waals surface area contributed by atoms with Crippen LogP contribution in [0.5, 0.6) is 5.75 Å². The molecule has 4 heterocycles. The van der Waals surface area contributed by atoms with Gasteiger partial charge >= 0.3 is 0 Å². The number of benzene rings is 1. The Labute approximate surface area is 211 Å². The minimum Gasteiger partial charge on any atom is -0.497 e. The Morgan fingerprint density at radius 3 is 2.46 bits per heavy atom. The monoisotopic (exact) mass is 483 g/mol. The van der Waals surface area contributed by atoms with Crippen molar-refractivity contribution in [2.45, 2.75) is 39.4 Å². The van der Waals surface area contributed by atoms with Crippen LogP contribution in [0, 0.1) is 20.8 Å². The number of nitrogens with one attached hydrogen (secondary N) is 1. The zero-order chi connectivity index (χ0) is 24.5. The Morgan fingerprint density at radius 1 is 1.00 bits per heavy atom. The average Bonchev–Trinajstić information content (AvgIpc) is 3.35. The van der Waals surface area contributed by atoms with Crippen molar-refractivity contribution >= 4 is 17.3 Å². The number of hydrogen-bond donors (Lipinski definition) is 1. The number of hydrogen-bond acceptors (Lipinski definition) is 4. The maximum Gasteiger partial charge on any atom is 0.170 e. The highest BCUT2D eigenvalue weighted by Gasteiger charge is 2.41. The predicted molar refractivity (Wildman–Crippen MR) is 142 cm³/mol. The Kier molecular flexibility index (Phi) is 6.26. The van der Waals surface area contributed by atoms with Crippen LogP contribution in [0.3, 0.4) is 0 Å². The summed E-state index contributed by atoms with van der Waals surface area (Å²) in [5, 5.41) is 4.28. The molecule has 0 bridgehead atoms. The van der Waals surface area contributed by atoms with E-state index in [2.05, 4.69) is 81.9 Å². The van der Waals surface area contributed by atoms with Crippen molar-refractivity contribution in [1.29, 1.82) is 0 Å². The molecular formula is C28H29N5OS. The summed E-state index contributed by atoms with van der Waals surface area (Å²) in [6.07, 6.45) is 3.75. The number of rotatable bonds is 6. The van der Waals surface area contributed by atoms with E-state index in [-0.39, 0.29) is 12.1 Å². The van der Waals surface area contributed by atoms with E-state index in [1.165, 1.54) is 5.56 Å². The van der Waals surface area contributed by atoms with Crippen LogP contribution < -0.4 is 10.1 Å². The molecule has 0 unspecified atom stereocenters. The lowest BCUT2D eigenvalue weighted by Crippen LogP contribution is -2.29. The van der Waals surface area contributed by atoms with E-state index >= 15 is 0 Å². The van der Waals surface area contributed by atoms with E-state index in [1.54, 1.807) is 7.11 Å². The van der Waals surface area contributed by atoms with E-state index < -0.39 is 0 Å². The second-order valence-electron chi connectivity index (χ2n) is 8.96. The SMILES string of the molecule is COc1ccc(CN2C(=S)N[C@H](c3ccccn3)[C@@H]2c2cc(C)n(-c3ccc(C)cn3)c2C)cc1. The van der Waals surface area contributed by atoms with Crippen molar-refractivity contribution in [3.8, 4) is 11.6 Å². The first-order valence-electron chi connectivity index (χ1n) is 11.7. The van der Waals surface area contributed by atoms with Crippen LogP contribution in [-0.2, 0) is 6.54 Å². The first kappa shape index (κ1) is 23.1. The first-order chi connectivity index (χ1) is 17.0. The summed E-state index contributed by atoms with van der Waals surface area (Å²) in [5.74, 6) is 1.76. The zero-order valence-corrected chi connectivity index (χ0v) is 21.2. The lowest BCUT2D eigenvalue weighted by atomic mass is 9.96. The maximum atomic E-state index is 5.88.